The standard InChI is InChI=1S/C12H14N4O2S/c1-7-2-3-8(4-14-7)5-15-12-16-9(6-19-12)10(13)11(17)18/h2-4,6,10H,5,13H2,1H3,(H,15,16)(H,17,18). The van der Waals surface area contributed by atoms with E-state index < -0.39 is 12.0 Å². The van der Waals surface area contributed by atoms with Gasteiger partial charge in [0.15, 0.2) is 5.13 Å². The molecule has 2 heterocycles. The highest BCUT2D eigenvalue weighted by molar-refractivity contribution is 7.13. The molecule has 0 saturated heterocycles. The molecule has 1 atom stereocenters. The van der Waals surface area contributed by atoms with E-state index in [1.54, 1.807) is 11.6 Å². The van der Waals surface area contributed by atoms with Crippen LogP contribution in [0.2, 0.25) is 0 Å². The minimum Gasteiger partial charge on any atom is -0.480 e. The van der Waals surface area contributed by atoms with Gasteiger partial charge in [0, 0.05) is 23.8 Å². The first-order chi connectivity index (χ1) is 9.06. The summed E-state index contributed by atoms with van der Waals surface area (Å²) in [4.78, 5) is 19.1. The Balaban J connectivity index is 1.97. The first kappa shape index (κ1) is 13.4. The SMILES string of the molecule is Cc1ccc(CNc2nc(C(N)C(=O)O)cs2)cn1. The van der Waals surface area contributed by atoms with Crippen LogP contribution in [0.1, 0.15) is 23.0 Å². The van der Waals surface area contributed by atoms with E-state index in [0.717, 1.165) is 11.3 Å². The molecule has 0 amide bonds. The molecule has 0 bridgehead atoms. The molecule has 1 unspecified atom stereocenters. The first-order valence-corrected chi connectivity index (χ1v) is 6.53. The minimum atomic E-state index is -1.08. The minimum absolute atomic E-state index is 0.363. The molecular formula is C12H14N4O2S. The number of hydrogen-bond donors (Lipinski definition) is 3. The Bertz CT molecular complexity index is 567. The number of carboxylic acid groups (broad SMARTS) is 1. The van der Waals surface area contributed by atoms with E-state index >= 15 is 0 Å². The van der Waals surface area contributed by atoms with Crippen molar-refractivity contribution in [2.45, 2.75) is 19.5 Å². The Kier molecular flexibility index (Phi) is 4.08. The largest absolute Gasteiger partial charge is 0.480 e. The van der Waals surface area contributed by atoms with Gasteiger partial charge >= 0.3 is 5.97 Å². The van der Waals surface area contributed by atoms with E-state index in [1.165, 1.54) is 11.3 Å². The maximum Gasteiger partial charge on any atom is 0.326 e. The molecule has 2 rings (SSSR count). The smallest absolute Gasteiger partial charge is 0.326 e. The number of nitrogens with one attached hydrogen (secondary N) is 1. The fraction of sp³-hybridized carbons (Fsp3) is 0.250. The predicted octanol–water partition coefficient (Wildman–Crippen LogP) is 1.54. The van der Waals surface area contributed by atoms with Crippen molar-refractivity contribution in [1.82, 2.24) is 9.97 Å². The third-order valence-corrected chi connectivity index (χ3v) is 3.34. The second-order valence-corrected chi connectivity index (χ2v) is 4.91. The summed E-state index contributed by atoms with van der Waals surface area (Å²) in [6.07, 6.45) is 1.79. The van der Waals surface area contributed by atoms with Crippen LogP contribution < -0.4 is 11.1 Å². The van der Waals surface area contributed by atoms with Crippen molar-refractivity contribution >= 4 is 22.4 Å². The third kappa shape index (κ3) is 3.49. The average Bonchev–Trinajstić information content (AvgIpc) is 2.86. The Labute approximate surface area is 114 Å². The monoisotopic (exact) mass is 278 g/mol. The molecule has 0 aliphatic rings. The van der Waals surface area contributed by atoms with Crippen molar-refractivity contribution in [2.24, 2.45) is 5.73 Å². The van der Waals surface area contributed by atoms with E-state index in [4.69, 9.17) is 10.8 Å². The number of carboxylic acids is 1. The lowest BCUT2D eigenvalue weighted by molar-refractivity contribution is -0.138. The fourth-order valence-corrected chi connectivity index (χ4v) is 2.16. The van der Waals surface area contributed by atoms with Gasteiger partial charge in [0.1, 0.15) is 6.04 Å². The quantitative estimate of drug-likeness (QED) is 0.767. The summed E-state index contributed by atoms with van der Waals surface area (Å²) in [5.41, 5.74) is 7.84. The van der Waals surface area contributed by atoms with Gasteiger partial charge in [-0.05, 0) is 18.6 Å². The van der Waals surface area contributed by atoms with Gasteiger partial charge in [0.25, 0.3) is 0 Å². The number of aliphatic carboxylic acids is 1. The number of anilines is 1. The Morgan fingerprint density at radius 2 is 2.37 bits per heavy atom. The molecule has 0 spiro atoms. The van der Waals surface area contributed by atoms with Gasteiger partial charge in [-0.1, -0.05) is 6.07 Å². The van der Waals surface area contributed by atoms with Crippen LogP contribution in [0.3, 0.4) is 0 Å². The molecule has 4 N–H and O–H groups in total. The molecule has 0 aliphatic carbocycles. The number of nitrogens with two attached hydrogens (primary N) is 1. The summed E-state index contributed by atoms with van der Waals surface area (Å²) < 4.78 is 0. The fourth-order valence-electron chi connectivity index (χ4n) is 1.42. The summed E-state index contributed by atoms with van der Waals surface area (Å²) in [5.74, 6) is -1.08. The molecule has 2 aromatic rings. The van der Waals surface area contributed by atoms with Gasteiger partial charge < -0.3 is 16.2 Å². The van der Waals surface area contributed by atoms with E-state index in [9.17, 15) is 4.79 Å². The van der Waals surface area contributed by atoms with E-state index in [2.05, 4.69) is 15.3 Å². The zero-order chi connectivity index (χ0) is 13.8. The summed E-state index contributed by atoms with van der Waals surface area (Å²) in [6, 6.07) is 2.84. The lowest BCUT2D eigenvalue weighted by atomic mass is 10.2. The van der Waals surface area contributed by atoms with Crippen LogP contribution >= 0.6 is 11.3 Å². The number of hydrogen-bond acceptors (Lipinski definition) is 6. The van der Waals surface area contributed by atoms with Gasteiger partial charge in [0.2, 0.25) is 0 Å². The number of nitrogens with zero attached hydrogens (tertiary/aromatic N) is 2. The molecular weight excluding hydrogens is 264 g/mol. The van der Waals surface area contributed by atoms with Crippen molar-refractivity contribution in [3.05, 3.63) is 40.7 Å². The molecule has 6 nitrogen and oxygen atoms in total. The highest BCUT2D eigenvalue weighted by Gasteiger charge is 2.17. The molecule has 0 saturated carbocycles. The number of aryl methyl sites for hydroxylation is 1. The highest BCUT2D eigenvalue weighted by Crippen LogP contribution is 2.20. The van der Waals surface area contributed by atoms with Crippen LogP contribution in [0.5, 0.6) is 0 Å². The van der Waals surface area contributed by atoms with Crippen molar-refractivity contribution < 1.29 is 9.90 Å². The van der Waals surface area contributed by atoms with Crippen LogP contribution in [0.25, 0.3) is 0 Å². The van der Waals surface area contributed by atoms with E-state index in [-0.39, 0.29) is 0 Å². The molecule has 7 heteroatoms. The average molecular weight is 278 g/mol. The zero-order valence-electron chi connectivity index (χ0n) is 10.3. The maximum atomic E-state index is 10.7. The molecule has 0 radical (unpaired) electrons. The van der Waals surface area contributed by atoms with Gasteiger partial charge in [-0.2, -0.15) is 0 Å². The van der Waals surface area contributed by atoms with Gasteiger partial charge in [-0.25, -0.2) is 4.98 Å². The molecule has 19 heavy (non-hydrogen) atoms. The highest BCUT2D eigenvalue weighted by atomic mass is 32.1. The van der Waals surface area contributed by atoms with Crippen molar-refractivity contribution in [1.29, 1.82) is 0 Å². The second-order valence-electron chi connectivity index (χ2n) is 4.05. The second kappa shape index (κ2) is 5.77. The molecule has 0 aliphatic heterocycles. The van der Waals surface area contributed by atoms with Crippen LogP contribution in [0, 0.1) is 6.92 Å². The third-order valence-electron chi connectivity index (χ3n) is 2.52. The number of rotatable bonds is 5. The van der Waals surface area contributed by atoms with Crippen LogP contribution in [-0.4, -0.2) is 21.0 Å². The normalized spacial score (nSPS) is 12.1. The predicted molar refractivity (Wildman–Crippen MR) is 73.0 cm³/mol. The van der Waals surface area contributed by atoms with Gasteiger partial charge in [0.05, 0.1) is 5.69 Å². The van der Waals surface area contributed by atoms with Crippen LogP contribution in [-0.2, 0) is 11.3 Å². The lowest BCUT2D eigenvalue weighted by Crippen LogP contribution is -2.20. The summed E-state index contributed by atoms with van der Waals surface area (Å²) in [7, 11) is 0. The van der Waals surface area contributed by atoms with E-state index in [1.807, 2.05) is 19.1 Å². The first-order valence-electron chi connectivity index (χ1n) is 5.65. The number of aromatic nitrogens is 2. The maximum absolute atomic E-state index is 10.7. The van der Waals surface area contributed by atoms with Crippen LogP contribution in [0.15, 0.2) is 23.7 Å². The summed E-state index contributed by atoms with van der Waals surface area (Å²) in [6.45, 7) is 2.51. The molecule has 100 valence electrons. The van der Waals surface area contributed by atoms with Crippen molar-refractivity contribution in [3.8, 4) is 0 Å². The summed E-state index contributed by atoms with van der Waals surface area (Å²) >= 11 is 1.33. The Morgan fingerprint density at radius 3 is 3.00 bits per heavy atom. The Hall–Kier alpha value is -1.99. The number of thiazole rings is 1. The topological polar surface area (TPSA) is 101 Å². The van der Waals surface area contributed by atoms with Crippen molar-refractivity contribution in [3.63, 3.8) is 0 Å². The molecule has 0 fully saturated rings. The molecule has 0 aromatic carbocycles. The lowest BCUT2D eigenvalue weighted by Gasteiger charge is -2.03. The number of pyridine rings is 1. The summed E-state index contributed by atoms with van der Waals surface area (Å²) in [5, 5.41) is 14.2. The number of carbonyl (C=O) groups is 1. The zero-order valence-corrected chi connectivity index (χ0v) is 11.1. The molecule has 2 aromatic heterocycles. The Morgan fingerprint density at radius 1 is 1.58 bits per heavy atom. The van der Waals surface area contributed by atoms with Crippen molar-refractivity contribution in [2.75, 3.05) is 5.32 Å². The van der Waals surface area contributed by atoms with E-state index in [0.29, 0.717) is 17.4 Å². The van der Waals surface area contributed by atoms with Gasteiger partial charge in [-0.3, -0.25) is 9.78 Å². The van der Waals surface area contributed by atoms with Gasteiger partial charge in [-0.15, -0.1) is 11.3 Å². The van der Waals surface area contributed by atoms with Crippen LogP contribution in [0.4, 0.5) is 5.13 Å².